The molecule has 0 aromatic heterocycles. The number of benzene rings is 2. The second-order valence-electron chi connectivity index (χ2n) is 7.47. The molecule has 158 valence electrons. The molecule has 0 atom stereocenters. The second kappa shape index (κ2) is 9.01. The van der Waals surface area contributed by atoms with Crippen LogP contribution < -0.4 is 10.1 Å². The van der Waals surface area contributed by atoms with E-state index in [0.717, 1.165) is 12.1 Å². The van der Waals surface area contributed by atoms with E-state index in [1.165, 1.54) is 44.2 Å². The third-order valence-electron chi connectivity index (χ3n) is 5.19. The number of rotatable bonds is 7. The van der Waals surface area contributed by atoms with Crippen molar-refractivity contribution in [3.8, 4) is 5.75 Å². The summed E-state index contributed by atoms with van der Waals surface area (Å²) in [6.45, 7) is 0.784. The molecule has 0 spiro atoms. The van der Waals surface area contributed by atoms with Gasteiger partial charge in [0.15, 0.2) is 0 Å². The van der Waals surface area contributed by atoms with Gasteiger partial charge in [-0.2, -0.15) is 22.0 Å². The Labute approximate surface area is 167 Å². The van der Waals surface area contributed by atoms with Crippen molar-refractivity contribution in [2.24, 2.45) is 5.92 Å². The summed E-state index contributed by atoms with van der Waals surface area (Å²) < 4.78 is 70.7. The lowest BCUT2D eigenvalue weighted by molar-refractivity contribution is -0.289. The number of ether oxygens (including phenoxy) is 1. The van der Waals surface area contributed by atoms with E-state index in [1.807, 2.05) is 12.1 Å². The number of nitrogens with one attached hydrogen (secondary N) is 1. The molecule has 1 N–H and O–H groups in total. The van der Waals surface area contributed by atoms with Crippen molar-refractivity contribution in [1.82, 2.24) is 0 Å². The number of alkyl halides is 5. The maximum Gasteiger partial charge on any atom is 0.458 e. The van der Waals surface area contributed by atoms with Crippen molar-refractivity contribution in [3.05, 3.63) is 59.7 Å². The van der Waals surface area contributed by atoms with Crippen LogP contribution in [0.15, 0.2) is 48.5 Å². The van der Waals surface area contributed by atoms with E-state index >= 15 is 0 Å². The van der Waals surface area contributed by atoms with Gasteiger partial charge in [-0.25, -0.2) is 0 Å². The Morgan fingerprint density at radius 2 is 1.62 bits per heavy atom. The molecule has 0 bridgehead atoms. The summed E-state index contributed by atoms with van der Waals surface area (Å²) in [6, 6.07) is 11.6. The van der Waals surface area contributed by atoms with Gasteiger partial charge in [-0.15, -0.1) is 0 Å². The van der Waals surface area contributed by atoms with E-state index in [1.54, 1.807) is 12.1 Å². The predicted octanol–water partition coefficient (Wildman–Crippen LogP) is 6.91. The molecule has 2 aromatic carbocycles. The van der Waals surface area contributed by atoms with Crippen molar-refractivity contribution >= 4 is 5.69 Å². The van der Waals surface area contributed by atoms with Crippen molar-refractivity contribution in [2.45, 2.75) is 50.7 Å². The van der Waals surface area contributed by atoms with Crippen molar-refractivity contribution in [1.29, 1.82) is 0 Å². The second-order valence-corrected chi connectivity index (χ2v) is 7.47. The molecule has 3 rings (SSSR count). The Morgan fingerprint density at radius 1 is 0.897 bits per heavy atom. The molecule has 1 fully saturated rings. The van der Waals surface area contributed by atoms with Crippen LogP contribution in [0.5, 0.6) is 5.75 Å². The van der Waals surface area contributed by atoms with Gasteiger partial charge in [0.25, 0.3) is 0 Å². The van der Waals surface area contributed by atoms with Gasteiger partial charge in [0.1, 0.15) is 5.75 Å². The molecule has 1 aliphatic carbocycles. The molecule has 2 nitrogen and oxygen atoms in total. The van der Waals surface area contributed by atoms with Crippen LogP contribution >= 0.6 is 0 Å². The molecule has 2 aromatic rings. The van der Waals surface area contributed by atoms with Gasteiger partial charge in [0.2, 0.25) is 0 Å². The lowest BCUT2D eigenvalue weighted by Gasteiger charge is -2.22. The number of hydrogen-bond donors (Lipinski definition) is 1. The van der Waals surface area contributed by atoms with Gasteiger partial charge >= 0.3 is 12.1 Å². The molecule has 29 heavy (non-hydrogen) atoms. The standard InChI is InChI=1S/C22H24F5NO/c23-21(24,22(25,26)27)18-9-4-8-17(12-18)14-28-19-10-5-11-20(13-19)29-15-16-6-2-1-3-7-16/h4-5,8-13,16,28H,1-3,6-7,14-15H2. The van der Waals surface area contributed by atoms with Crippen LogP contribution in [-0.2, 0) is 12.5 Å². The average molecular weight is 413 g/mol. The van der Waals surface area contributed by atoms with Crippen molar-refractivity contribution in [2.75, 3.05) is 11.9 Å². The summed E-state index contributed by atoms with van der Waals surface area (Å²) in [4.78, 5) is 0. The van der Waals surface area contributed by atoms with Crippen LogP contribution in [0, 0.1) is 5.92 Å². The predicted molar refractivity (Wildman–Crippen MR) is 102 cm³/mol. The average Bonchev–Trinajstić information content (AvgIpc) is 2.71. The fourth-order valence-electron chi connectivity index (χ4n) is 3.51. The molecule has 1 saturated carbocycles. The molecule has 0 aliphatic heterocycles. The first kappa shape index (κ1) is 21.4. The Balaban J connectivity index is 1.59. The lowest BCUT2D eigenvalue weighted by atomic mass is 9.90. The lowest BCUT2D eigenvalue weighted by Crippen LogP contribution is -2.33. The highest BCUT2D eigenvalue weighted by Gasteiger charge is 2.58. The van der Waals surface area contributed by atoms with Gasteiger partial charge in [-0.1, -0.05) is 43.5 Å². The third-order valence-corrected chi connectivity index (χ3v) is 5.19. The molecular formula is C22H24F5NO. The highest BCUT2D eigenvalue weighted by atomic mass is 19.4. The summed E-state index contributed by atoms with van der Waals surface area (Å²) in [7, 11) is 0. The van der Waals surface area contributed by atoms with E-state index in [4.69, 9.17) is 4.74 Å². The van der Waals surface area contributed by atoms with Crippen LogP contribution in [-0.4, -0.2) is 12.8 Å². The maximum absolute atomic E-state index is 13.5. The molecule has 0 amide bonds. The first-order valence-electron chi connectivity index (χ1n) is 9.76. The van der Waals surface area contributed by atoms with Crippen LogP contribution in [0.2, 0.25) is 0 Å². The molecule has 0 saturated heterocycles. The summed E-state index contributed by atoms with van der Waals surface area (Å²) in [5.74, 6) is -3.60. The highest BCUT2D eigenvalue weighted by molar-refractivity contribution is 5.48. The van der Waals surface area contributed by atoms with E-state index in [2.05, 4.69) is 5.32 Å². The minimum Gasteiger partial charge on any atom is -0.493 e. The Hall–Kier alpha value is -2.31. The van der Waals surface area contributed by atoms with Crippen molar-refractivity contribution < 1.29 is 26.7 Å². The summed E-state index contributed by atoms with van der Waals surface area (Å²) in [6.07, 6.45) is 0.493. The fourth-order valence-corrected chi connectivity index (χ4v) is 3.51. The van der Waals surface area contributed by atoms with E-state index < -0.39 is 17.7 Å². The Bertz CT molecular complexity index is 800. The van der Waals surface area contributed by atoms with E-state index in [9.17, 15) is 22.0 Å². The van der Waals surface area contributed by atoms with Gasteiger partial charge in [0, 0.05) is 23.9 Å². The van der Waals surface area contributed by atoms with E-state index in [0.29, 0.717) is 29.5 Å². The largest absolute Gasteiger partial charge is 0.493 e. The van der Waals surface area contributed by atoms with Crippen LogP contribution in [0.3, 0.4) is 0 Å². The maximum atomic E-state index is 13.5. The van der Waals surface area contributed by atoms with Crippen LogP contribution in [0.1, 0.15) is 43.2 Å². The zero-order valence-electron chi connectivity index (χ0n) is 15.9. The molecule has 0 radical (unpaired) electrons. The monoisotopic (exact) mass is 413 g/mol. The fraction of sp³-hybridized carbons (Fsp3) is 0.455. The number of anilines is 1. The normalized spacial score (nSPS) is 15.9. The number of hydrogen-bond acceptors (Lipinski definition) is 2. The molecule has 0 heterocycles. The van der Waals surface area contributed by atoms with Crippen LogP contribution in [0.4, 0.5) is 27.6 Å². The third kappa shape index (κ3) is 5.61. The van der Waals surface area contributed by atoms with Gasteiger partial charge < -0.3 is 10.1 Å². The minimum absolute atomic E-state index is 0.119. The summed E-state index contributed by atoms with van der Waals surface area (Å²) >= 11 is 0. The quantitative estimate of drug-likeness (QED) is 0.498. The molecular weight excluding hydrogens is 389 g/mol. The van der Waals surface area contributed by atoms with Gasteiger partial charge in [-0.05, 0) is 42.5 Å². The zero-order chi connectivity index (χ0) is 20.9. The Kier molecular flexibility index (Phi) is 6.65. The smallest absolute Gasteiger partial charge is 0.458 e. The topological polar surface area (TPSA) is 21.3 Å². The molecule has 0 unspecified atom stereocenters. The molecule has 7 heteroatoms. The van der Waals surface area contributed by atoms with Gasteiger partial charge in [-0.3, -0.25) is 0 Å². The van der Waals surface area contributed by atoms with Gasteiger partial charge in [0.05, 0.1) is 6.61 Å². The summed E-state index contributed by atoms with van der Waals surface area (Å²) in [5, 5.41) is 3.05. The zero-order valence-corrected chi connectivity index (χ0v) is 15.9. The Morgan fingerprint density at radius 3 is 2.34 bits per heavy atom. The van der Waals surface area contributed by atoms with Crippen LogP contribution in [0.25, 0.3) is 0 Å². The molecule has 1 aliphatic rings. The van der Waals surface area contributed by atoms with Crippen molar-refractivity contribution in [3.63, 3.8) is 0 Å². The minimum atomic E-state index is -5.62. The SMILES string of the molecule is FC(F)(F)C(F)(F)c1cccc(CNc2cccc(OCC3CCCCC3)c2)c1. The van der Waals surface area contributed by atoms with E-state index in [-0.39, 0.29) is 6.54 Å². The first-order valence-corrected chi connectivity index (χ1v) is 9.76. The first-order chi connectivity index (χ1) is 13.8. The highest BCUT2D eigenvalue weighted by Crippen LogP contribution is 2.43. The summed E-state index contributed by atoms with van der Waals surface area (Å²) in [5.41, 5.74) is -0.0204. The number of halogens is 5.